The molecule has 112 valence electrons. The Hall–Kier alpha value is -0.920. The van der Waals surface area contributed by atoms with E-state index in [1.165, 1.54) is 11.3 Å². The highest BCUT2D eigenvalue weighted by molar-refractivity contribution is 7.98. The Kier molecular flexibility index (Phi) is 7.79. The van der Waals surface area contributed by atoms with Crippen molar-refractivity contribution in [2.75, 3.05) is 18.6 Å². The molecule has 0 fully saturated rings. The van der Waals surface area contributed by atoms with Gasteiger partial charge in [-0.1, -0.05) is 11.6 Å². The molecule has 0 saturated carbocycles. The van der Waals surface area contributed by atoms with Crippen LogP contribution in [-0.2, 0) is 11.2 Å². The maximum Gasteiger partial charge on any atom is 0.326 e. The van der Waals surface area contributed by atoms with Crippen LogP contribution in [0, 0.1) is 0 Å². The van der Waals surface area contributed by atoms with Gasteiger partial charge in [0.1, 0.15) is 6.04 Å². The van der Waals surface area contributed by atoms with Gasteiger partial charge in [0.2, 0.25) is 0 Å². The highest BCUT2D eigenvalue weighted by Crippen LogP contribution is 2.21. The summed E-state index contributed by atoms with van der Waals surface area (Å²) in [6, 6.07) is 2.41. The first-order chi connectivity index (χ1) is 9.52. The number of hydrogen-bond acceptors (Lipinski definition) is 4. The summed E-state index contributed by atoms with van der Waals surface area (Å²) in [5, 5.41) is 14.1. The minimum Gasteiger partial charge on any atom is -0.480 e. The van der Waals surface area contributed by atoms with Crippen LogP contribution in [0.5, 0.6) is 0 Å². The summed E-state index contributed by atoms with van der Waals surface area (Å²) in [5.41, 5.74) is 0. The van der Waals surface area contributed by atoms with Gasteiger partial charge in [-0.2, -0.15) is 11.8 Å². The second kappa shape index (κ2) is 9.10. The first kappa shape index (κ1) is 17.1. The average molecular weight is 337 g/mol. The first-order valence-electron chi connectivity index (χ1n) is 6.03. The maximum atomic E-state index is 11.6. The molecule has 3 N–H and O–H groups in total. The number of rotatable bonds is 8. The molecule has 1 aromatic heterocycles. The molecule has 2 amide bonds. The zero-order chi connectivity index (χ0) is 15.0. The average Bonchev–Trinajstić information content (AvgIpc) is 2.80. The molecule has 20 heavy (non-hydrogen) atoms. The van der Waals surface area contributed by atoms with Crippen LogP contribution >= 0.6 is 34.7 Å². The van der Waals surface area contributed by atoms with Crippen LogP contribution in [0.2, 0.25) is 4.34 Å². The molecule has 5 nitrogen and oxygen atoms in total. The van der Waals surface area contributed by atoms with Crippen LogP contribution < -0.4 is 10.6 Å². The molecule has 0 aliphatic carbocycles. The highest BCUT2D eigenvalue weighted by Gasteiger charge is 2.18. The van der Waals surface area contributed by atoms with Crippen molar-refractivity contribution in [2.45, 2.75) is 18.9 Å². The number of aliphatic carboxylic acids is 1. The van der Waals surface area contributed by atoms with Gasteiger partial charge in [0.05, 0.1) is 4.34 Å². The monoisotopic (exact) mass is 336 g/mol. The van der Waals surface area contributed by atoms with Crippen LogP contribution in [0.25, 0.3) is 0 Å². The third-order valence-electron chi connectivity index (χ3n) is 2.50. The molecule has 0 aliphatic rings. The lowest BCUT2D eigenvalue weighted by atomic mass is 10.2. The van der Waals surface area contributed by atoms with Crippen molar-refractivity contribution in [2.24, 2.45) is 0 Å². The zero-order valence-corrected chi connectivity index (χ0v) is 13.4. The Morgan fingerprint density at radius 3 is 2.80 bits per heavy atom. The number of carbonyl (C=O) groups excluding carboxylic acids is 1. The Morgan fingerprint density at radius 1 is 1.50 bits per heavy atom. The van der Waals surface area contributed by atoms with Crippen molar-refractivity contribution in [3.05, 3.63) is 21.3 Å². The van der Waals surface area contributed by atoms with Crippen LogP contribution in [0.4, 0.5) is 4.79 Å². The van der Waals surface area contributed by atoms with Gasteiger partial charge in [-0.3, -0.25) is 0 Å². The molecule has 1 atom stereocenters. The normalized spacial score (nSPS) is 11.9. The molecule has 0 radical (unpaired) electrons. The van der Waals surface area contributed by atoms with Gasteiger partial charge in [0.15, 0.2) is 0 Å². The fourth-order valence-corrected chi connectivity index (χ4v) is 3.05. The van der Waals surface area contributed by atoms with Gasteiger partial charge >= 0.3 is 12.0 Å². The van der Waals surface area contributed by atoms with Gasteiger partial charge in [-0.05, 0) is 37.0 Å². The number of carboxylic acid groups (broad SMARTS) is 1. The third-order valence-corrected chi connectivity index (χ3v) is 4.43. The van der Waals surface area contributed by atoms with Gasteiger partial charge < -0.3 is 15.7 Å². The number of carboxylic acids is 1. The molecule has 0 saturated heterocycles. The molecular weight excluding hydrogens is 320 g/mol. The lowest BCUT2D eigenvalue weighted by Gasteiger charge is -2.14. The first-order valence-corrected chi connectivity index (χ1v) is 8.62. The number of nitrogens with one attached hydrogen (secondary N) is 2. The van der Waals surface area contributed by atoms with E-state index in [4.69, 9.17) is 16.7 Å². The summed E-state index contributed by atoms with van der Waals surface area (Å²) < 4.78 is 0.715. The summed E-state index contributed by atoms with van der Waals surface area (Å²) in [6.45, 7) is 0.442. The van der Waals surface area contributed by atoms with Crippen LogP contribution in [0.3, 0.4) is 0 Å². The van der Waals surface area contributed by atoms with Gasteiger partial charge in [-0.15, -0.1) is 11.3 Å². The lowest BCUT2D eigenvalue weighted by molar-refractivity contribution is -0.139. The van der Waals surface area contributed by atoms with Crippen molar-refractivity contribution < 1.29 is 14.7 Å². The highest BCUT2D eigenvalue weighted by atomic mass is 35.5. The van der Waals surface area contributed by atoms with Crippen LogP contribution in [0.1, 0.15) is 11.3 Å². The molecule has 1 heterocycles. The van der Waals surface area contributed by atoms with E-state index < -0.39 is 18.0 Å². The predicted molar refractivity (Wildman–Crippen MR) is 84.0 cm³/mol. The Labute approximate surface area is 131 Å². The van der Waals surface area contributed by atoms with E-state index in [1.807, 2.05) is 18.4 Å². The Bertz CT molecular complexity index is 454. The van der Waals surface area contributed by atoms with Crippen molar-refractivity contribution in [1.82, 2.24) is 10.6 Å². The molecule has 0 aliphatic heterocycles. The maximum absolute atomic E-state index is 11.6. The largest absolute Gasteiger partial charge is 0.480 e. The fourth-order valence-electron chi connectivity index (χ4n) is 1.49. The SMILES string of the molecule is CSCC[C@H](NC(=O)NCCc1ccc(Cl)s1)C(=O)O. The van der Waals surface area contributed by atoms with Gasteiger partial charge in [-0.25, -0.2) is 9.59 Å². The summed E-state index contributed by atoms with van der Waals surface area (Å²) in [4.78, 5) is 23.7. The lowest BCUT2D eigenvalue weighted by Crippen LogP contribution is -2.46. The summed E-state index contributed by atoms with van der Waals surface area (Å²) in [5.74, 6) is -0.329. The smallest absolute Gasteiger partial charge is 0.326 e. The number of amides is 2. The Balaban J connectivity index is 2.28. The van der Waals surface area contributed by atoms with Crippen LogP contribution in [-0.4, -0.2) is 41.7 Å². The second-order valence-electron chi connectivity index (χ2n) is 4.03. The molecular formula is C12H17ClN2O3S2. The van der Waals surface area contributed by atoms with E-state index in [0.717, 1.165) is 4.88 Å². The van der Waals surface area contributed by atoms with Crippen molar-refractivity contribution >= 4 is 46.7 Å². The summed E-state index contributed by atoms with van der Waals surface area (Å²) in [7, 11) is 0. The zero-order valence-electron chi connectivity index (χ0n) is 11.0. The molecule has 0 spiro atoms. The molecule has 1 aromatic rings. The minimum absolute atomic E-state index is 0.407. The van der Waals surface area contributed by atoms with E-state index in [0.29, 0.717) is 29.5 Å². The molecule has 0 unspecified atom stereocenters. The van der Waals surface area contributed by atoms with E-state index in [1.54, 1.807) is 11.8 Å². The van der Waals surface area contributed by atoms with Crippen molar-refractivity contribution in [3.63, 3.8) is 0 Å². The minimum atomic E-state index is -1.01. The summed E-state index contributed by atoms with van der Waals surface area (Å²) >= 11 is 8.82. The molecule has 0 aromatic carbocycles. The third kappa shape index (κ3) is 6.49. The number of urea groups is 1. The molecule has 8 heteroatoms. The van der Waals surface area contributed by atoms with E-state index in [9.17, 15) is 9.59 Å². The van der Waals surface area contributed by atoms with Crippen LogP contribution in [0.15, 0.2) is 12.1 Å². The van der Waals surface area contributed by atoms with Gasteiger partial charge in [0.25, 0.3) is 0 Å². The van der Waals surface area contributed by atoms with E-state index in [2.05, 4.69) is 10.6 Å². The van der Waals surface area contributed by atoms with E-state index >= 15 is 0 Å². The number of thiophene rings is 1. The number of hydrogen-bond donors (Lipinski definition) is 3. The molecule has 1 rings (SSSR count). The number of carbonyl (C=O) groups is 2. The van der Waals surface area contributed by atoms with Gasteiger partial charge in [0, 0.05) is 11.4 Å². The predicted octanol–water partition coefficient (Wildman–Crippen LogP) is 2.45. The topological polar surface area (TPSA) is 78.4 Å². The second-order valence-corrected chi connectivity index (χ2v) is 6.81. The fraction of sp³-hybridized carbons (Fsp3) is 0.500. The quantitative estimate of drug-likeness (QED) is 0.681. The number of halogens is 1. The van der Waals surface area contributed by atoms with Crippen molar-refractivity contribution in [3.8, 4) is 0 Å². The molecule has 0 bridgehead atoms. The standard InChI is InChI=1S/C12H17ClN2O3S2/c1-19-7-5-9(11(16)17)15-12(18)14-6-4-8-2-3-10(13)20-8/h2-3,9H,4-7H2,1H3,(H,16,17)(H2,14,15,18)/t9-/m0/s1. The number of thioether (sulfide) groups is 1. The van der Waals surface area contributed by atoms with E-state index in [-0.39, 0.29) is 0 Å². The van der Waals surface area contributed by atoms with Crippen molar-refractivity contribution in [1.29, 1.82) is 0 Å². The Morgan fingerprint density at radius 2 is 2.25 bits per heavy atom. The summed E-state index contributed by atoms with van der Waals surface area (Å²) in [6.07, 6.45) is 2.98.